The van der Waals surface area contributed by atoms with Crippen LogP contribution in [0.4, 0.5) is 4.39 Å². The number of amides is 1. The summed E-state index contributed by atoms with van der Waals surface area (Å²) in [6, 6.07) is 11.9. The predicted molar refractivity (Wildman–Crippen MR) is 96.5 cm³/mol. The number of thioether (sulfide) groups is 1. The van der Waals surface area contributed by atoms with Gasteiger partial charge in [-0.3, -0.25) is 4.79 Å². The second kappa shape index (κ2) is 8.02. The number of methoxy groups -OCH3 is 1. The van der Waals surface area contributed by atoms with Gasteiger partial charge in [-0.25, -0.2) is 9.37 Å². The Labute approximate surface area is 149 Å². The maximum atomic E-state index is 12.8. The van der Waals surface area contributed by atoms with Crippen LogP contribution in [0.15, 0.2) is 47.6 Å². The summed E-state index contributed by atoms with van der Waals surface area (Å²) in [6.45, 7) is 0.516. The molecule has 2 N–H and O–H groups in total. The van der Waals surface area contributed by atoms with Crippen molar-refractivity contribution < 1.29 is 13.9 Å². The van der Waals surface area contributed by atoms with Crippen molar-refractivity contribution >= 4 is 28.7 Å². The van der Waals surface area contributed by atoms with Crippen LogP contribution in [0.2, 0.25) is 0 Å². The molecule has 0 spiro atoms. The topological polar surface area (TPSA) is 67.0 Å². The predicted octanol–water partition coefficient (Wildman–Crippen LogP) is 3.16. The van der Waals surface area contributed by atoms with Crippen molar-refractivity contribution in [1.29, 1.82) is 0 Å². The lowest BCUT2D eigenvalue weighted by molar-refractivity contribution is -0.118. The molecule has 0 aliphatic carbocycles. The number of carbonyl (C=O) groups excluding carboxylic acids is 1. The summed E-state index contributed by atoms with van der Waals surface area (Å²) < 4.78 is 18.0. The zero-order valence-electron chi connectivity index (χ0n) is 13.7. The van der Waals surface area contributed by atoms with Crippen LogP contribution in [-0.4, -0.2) is 35.3 Å². The zero-order valence-corrected chi connectivity index (χ0v) is 14.5. The van der Waals surface area contributed by atoms with Gasteiger partial charge in [0.2, 0.25) is 5.91 Å². The van der Waals surface area contributed by atoms with Crippen molar-refractivity contribution in [2.45, 2.75) is 11.6 Å². The molecule has 0 aliphatic heterocycles. The van der Waals surface area contributed by atoms with Gasteiger partial charge in [0.1, 0.15) is 11.6 Å². The quantitative estimate of drug-likeness (QED) is 0.636. The van der Waals surface area contributed by atoms with Crippen LogP contribution < -0.4 is 10.1 Å². The van der Waals surface area contributed by atoms with Gasteiger partial charge in [-0.2, -0.15) is 0 Å². The monoisotopic (exact) mass is 359 g/mol. The van der Waals surface area contributed by atoms with E-state index in [1.807, 2.05) is 18.2 Å². The summed E-state index contributed by atoms with van der Waals surface area (Å²) in [5.74, 6) is 0.712. The molecule has 0 atom stereocenters. The first-order valence-corrected chi connectivity index (χ1v) is 8.80. The molecule has 2 aromatic carbocycles. The number of benzene rings is 2. The number of ether oxygens (including phenoxy) is 1. The van der Waals surface area contributed by atoms with E-state index in [0.29, 0.717) is 18.1 Å². The van der Waals surface area contributed by atoms with Gasteiger partial charge in [0.15, 0.2) is 5.16 Å². The van der Waals surface area contributed by atoms with E-state index in [1.165, 1.54) is 23.9 Å². The van der Waals surface area contributed by atoms with E-state index in [0.717, 1.165) is 22.3 Å². The Morgan fingerprint density at radius 3 is 2.84 bits per heavy atom. The highest BCUT2D eigenvalue weighted by Crippen LogP contribution is 2.22. The van der Waals surface area contributed by atoms with E-state index in [9.17, 15) is 9.18 Å². The van der Waals surface area contributed by atoms with Gasteiger partial charge < -0.3 is 15.0 Å². The number of hydrogen-bond donors (Lipinski definition) is 2. The highest BCUT2D eigenvalue weighted by Gasteiger charge is 2.08. The molecule has 0 bridgehead atoms. The highest BCUT2D eigenvalue weighted by molar-refractivity contribution is 7.99. The Balaban J connectivity index is 1.46. The third-order valence-electron chi connectivity index (χ3n) is 3.66. The molecule has 1 heterocycles. The van der Waals surface area contributed by atoms with E-state index in [2.05, 4.69) is 15.3 Å². The molecular weight excluding hydrogens is 341 g/mol. The molecule has 0 saturated carbocycles. The summed E-state index contributed by atoms with van der Waals surface area (Å²) in [7, 11) is 1.61. The standard InChI is InChI=1S/C18H18FN3O2S/c1-24-14-6-7-15-16(10-14)22-18(21-15)25-11-17(23)20-9-8-12-2-4-13(19)5-3-12/h2-7,10H,8-9,11H2,1H3,(H,20,23)(H,21,22). The lowest BCUT2D eigenvalue weighted by Crippen LogP contribution is -2.27. The Kier molecular flexibility index (Phi) is 5.55. The molecule has 0 unspecified atom stereocenters. The summed E-state index contributed by atoms with van der Waals surface area (Å²) in [5.41, 5.74) is 2.69. The second-order valence-corrected chi connectivity index (χ2v) is 6.40. The zero-order chi connectivity index (χ0) is 17.6. The van der Waals surface area contributed by atoms with Crippen molar-refractivity contribution in [2.24, 2.45) is 0 Å². The van der Waals surface area contributed by atoms with Crippen LogP contribution >= 0.6 is 11.8 Å². The smallest absolute Gasteiger partial charge is 0.230 e. The fraction of sp³-hybridized carbons (Fsp3) is 0.222. The van der Waals surface area contributed by atoms with E-state index in [4.69, 9.17) is 4.74 Å². The number of imidazole rings is 1. The van der Waals surface area contributed by atoms with Gasteiger partial charge in [-0.05, 0) is 36.2 Å². The molecule has 3 aromatic rings. The normalized spacial score (nSPS) is 10.8. The molecule has 7 heteroatoms. The van der Waals surface area contributed by atoms with Gasteiger partial charge in [0.25, 0.3) is 0 Å². The summed E-state index contributed by atoms with van der Waals surface area (Å²) >= 11 is 1.35. The Bertz CT molecular complexity index is 864. The number of rotatable bonds is 7. The van der Waals surface area contributed by atoms with Gasteiger partial charge in [0, 0.05) is 12.6 Å². The number of halogens is 1. The van der Waals surface area contributed by atoms with Crippen LogP contribution in [0.25, 0.3) is 11.0 Å². The number of nitrogens with one attached hydrogen (secondary N) is 2. The fourth-order valence-electron chi connectivity index (χ4n) is 2.34. The van der Waals surface area contributed by atoms with Crippen LogP contribution in [0.5, 0.6) is 5.75 Å². The average molecular weight is 359 g/mol. The minimum absolute atomic E-state index is 0.0647. The molecule has 0 radical (unpaired) electrons. The molecule has 1 amide bonds. The molecular formula is C18H18FN3O2S. The fourth-order valence-corrected chi connectivity index (χ4v) is 3.06. The van der Waals surface area contributed by atoms with Crippen LogP contribution in [0.3, 0.4) is 0 Å². The van der Waals surface area contributed by atoms with E-state index >= 15 is 0 Å². The van der Waals surface area contributed by atoms with E-state index < -0.39 is 0 Å². The Hall–Kier alpha value is -2.54. The van der Waals surface area contributed by atoms with Crippen LogP contribution in [0.1, 0.15) is 5.56 Å². The van der Waals surface area contributed by atoms with E-state index in [1.54, 1.807) is 19.2 Å². The lowest BCUT2D eigenvalue weighted by atomic mass is 10.1. The first kappa shape index (κ1) is 17.3. The van der Waals surface area contributed by atoms with Crippen molar-refractivity contribution in [3.8, 4) is 5.75 Å². The van der Waals surface area contributed by atoms with Gasteiger partial charge in [-0.15, -0.1) is 0 Å². The number of aromatic amines is 1. The summed E-state index contributed by atoms with van der Waals surface area (Å²) in [4.78, 5) is 19.5. The largest absolute Gasteiger partial charge is 0.497 e. The third kappa shape index (κ3) is 4.73. The summed E-state index contributed by atoms with van der Waals surface area (Å²) in [5, 5.41) is 3.54. The third-order valence-corrected chi connectivity index (χ3v) is 4.53. The van der Waals surface area contributed by atoms with Gasteiger partial charge in [0.05, 0.1) is 23.9 Å². The maximum Gasteiger partial charge on any atom is 0.230 e. The van der Waals surface area contributed by atoms with Crippen molar-refractivity contribution in [2.75, 3.05) is 19.4 Å². The first-order valence-electron chi connectivity index (χ1n) is 7.82. The van der Waals surface area contributed by atoms with Crippen LogP contribution in [0, 0.1) is 5.82 Å². The number of fused-ring (bicyclic) bond motifs is 1. The lowest BCUT2D eigenvalue weighted by Gasteiger charge is -2.04. The first-order chi connectivity index (χ1) is 12.1. The molecule has 3 rings (SSSR count). The number of carbonyl (C=O) groups is 1. The molecule has 5 nitrogen and oxygen atoms in total. The number of H-pyrrole nitrogens is 1. The minimum Gasteiger partial charge on any atom is -0.497 e. The number of nitrogens with zero attached hydrogens (tertiary/aromatic N) is 1. The maximum absolute atomic E-state index is 12.8. The molecule has 130 valence electrons. The Morgan fingerprint density at radius 1 is 1.28 bits per heavy atom. The molecule has 0 fully saturated rings. The summed E-state index contributed by atoms with van der Waals surface area (Å²) in [6.07, 6.45) is 0.668. The molecule has 25 heavy (non-hydrogen) atoms. The van der Waals surface area contributed by atoms with Crippen molar-refractivity contribution in [1.82, 2.24) is 15.3 Å². The van der Waals surface area contributed by atoms with Gasteiger partial charge in [-0.1, -0.05) is 23.9 Å². The minimum atomic E-state index is -0.257. The van der Waals surface area contributed by atoms with E-state index in [-0.39, 0.29) is 17.5 Å². The molecule has 1 aromatic heterocycles. The second-order valence-electron chi connectivity index (χ2n) is 5.44. The van der Waals surface area contributed by atoms with Crippen molar-refractivity contribution in [3.05, 3.63) is 53.8 Å². The van der Waals surface area contributed by atoms with Gasteiger partial charge >= 0.3 is 0 Å². The molecule has 0 saturated heterocycles. The Morgan fingerprint density at radius 2 is 2.08 bits per heavy atom. The highest BCUT2D eigenvalue weighted by atomic mass is 32.2. The number of aromatic nitrogens is 2. The SMILES string of the molecule is COc1ccc2nc(SCC(=O)NCCc3ccc(F)cc3)[nH]c2c1. The van der Waals surface area contributed by atoms with Crippen LogP contribution in [-0.2, 0) is 11.2 Å². The molecule has 0 aliphatic rings. The van der Waals surface area contributed by atoms with Crippen molar-refractivity contribution in [3.63, 3.8) is 0 Å². The average Bonchev–Trinajstić information content (AvgIpc) is 3.03. The number of hydrogen-bond acceptors (Lipinski definition) is 4.